The third kappa shape index (κ3) is 3.27. The van der Waals surface area contributed by atoms with Crippen LogP contribution in [-0.2, 0) is 0 Å². The van der Waals surface area contributed by atoms with Crippen molar-refractivity contribution in [1.82, 2.24) is 4.98 Å². The van der Waals surface area contributed by atoms with Crippen molar-refractivity contribution in [3.05, 3.63) is 29.6 Å². The summed E-state index contributed by atoms with van der Waals surface area (Å²) < 4.78 is 0. The van der Waals surface area contributed by atoms with E-state index in [-0.39, 0.29) is 0 Å². The van der Waals surface area contributed by atoms with Gasteiger partial charge in [0.05, 0.1) is 5.54 Å². The molecule has 1 aromatic rings. The number of hydrogen-bond acceptors (Lipinski definition) is 2. The van der Waals surface area contributed by atoms with Crippen LogP contribution in [-0.4, -0.2) is 10.5 Å². The minimum absolute atomic E-state index is 0.435. The van der Waals surface area contributed by atoms with E-state index in [1.165, 1.54) is 0 Å². The number of hydrogen-bond donors (Lipinski definition) is 1. The van der Waals surface area contributed by atoms with Gasteiger partial charge in [0.25, 0.3) is 0 Å². The van der Waals surface area contributed by atoms with Crippen molar-refractivity contribution in [2.45, 2.75) is 26.3 Å². The highest BCUT2D eigenvalue weighted by atomic mass is 14.7. The lowest BCUT2D eigenvalue weighted by Gasteiger charge is -2.07. The van der Waals surface area contributed by atoms with Gasteiger partial charge in [0.2, 0.25) is 0 Å². The van der Waals surface area contributed by atoms with E-state index in [0.29, 0.717) is 0 Å². The van der Waals surface area contributed by atoms with Crippen LogP contribution in [0.5, 0.6) is 0 Å². The highest BCUT2D eigenvalue weighted by molar-refractivity contribution is 5.40. The zero-order valence-electron chi connectivity index (χ0n) is 8.26. The molecule has 0 saturated heterocycles. The van der Waals surface area contributed by atoms with E-state index in [0.717, 1.165) is 11.1 Å². The Hall–Kier alpha value is -1.33. The fraction of sp³-hybridized carbons (Fsp3) is 0.364. The molecule has 1 heterocycles. The molecule has 2 N–H and O–H groups in total. The Balaban J connectivity index is 2.97. The second-order valence-electron chi connectivity index (χ2n) is 3.66. The van der Waals surface area contributed by atoms with Crippen LogP contribution in [0.1, 0.15) is 25.0 Å². The first-order valence-electron chi connectivity index (χ1n) is 4.22. The summed E-state index contributed by atoms with van der Waals surface area (Å²) in [7, 11) is 0. The van der Waals surface area contributed by atoms with Crippen molar-refractivity contribution in [2.24, 2.45) is 5.73 Å². The van der Waals surface area contributed by atoms with E-state index in [4.69, 9.17) is 5.73 Å². The second-order valence-corrected chi connectivity index (χ2v) is 3.66. The summed E-state index contributed by atoms with van der Waals surface area (Å²) in [6.45, 7) is 5.76. The molecular weight excluding hydrogens is 160 g/mol. The van der Waals surface area contributed by atoms with Gasteiger partial charge in [-0.3, -0.25) is 4.98 Å². The van der Waals surface area contributed by atoms with Gasteiger partial charge in [-0.05, 0) is 32.4 Å². The van der Waals surface area contributed by atoms with Crippen molar-refractivity contribution in [3.63, 3.8) is 0 Å². The van der Waals surface area contributed by atoms with Gasteiger partial charge < -0.3 is 5.73 Å². The Labute approximate surface area is 79.2 Å². The summed E-state index contributed by atoms with van der Waals surface area (Å²) in [4.78, 5) is 3.99. The topological polar surface area (TPSA) is 38.9 Å². The Morgan fingerprint density at radius 1 is 1.46 bits per heavy atom. The standard InChI is InChI=1S/C11H14N2/c1-9-8-13-7-5-10(9)4-6-11(2,3)12/h5,7-8H,12H2,1-3H3. The monoisotopic (exact) mass is 174 g/mol. The zero-order chi connectivity index (χ0) is 9.90. The molecule has 13 heavy (non-hydrogen) atoms. The molecule has 0 aliphatic rings. The summed E-state index contributed by atoms with van der Waals surface area (Å²) in [6, 6.07) is 1.90. The number of pyridine rings is 1. The third-order valence-electron chi connectivity index (χ3n) is 1.54. The first-order valence-corrected chi connectivity index (χ1v) is 4.22. The predicted molar refractivity (Wildman–Crippen MR) is 54.1 cm³/mol. The Kier molecular flexibility index (Phi) is 2.69. The molecule has 0 amide bonds. The van der Waals surface area contributed by atoms with Gasteiger partial charge in [0.15, 0.2) is 0 Å². The molecule has 0 radical (unpaired) electrons. The van der Waals surface area contributed by atoms with Crippen molar-refractivity contribution < 1.29 is 0 Å². The molecule has 0 atom stereocenters. The van der Waals surface area contributed by atoms with Crippen LogP contribution < -0.4 is 5.73 Å². The fourth-order valence-corrected chi connectivity index (χ4v) is 0.842. The van der Waals surface area contributed by atoms with E-state index < -0.39 is 5.54 Å². The molecule has 0 fully saturated rings. The van der Waals surface area contributed by atoms with Crippen LogP contribution in [0.2, 0.25) is 0 Å². The van der Waals surface area contributed by atoms with Gasteiger partial charge in [-0.2, -0.15) is 0 Å². The molecule has 68 valence electrons. The molecular formula is C11H14N2. The van der Waals surface area contributed by atoms with E-state index in [1.807, 2.05) is 26.8 Å². The highest BCUT2D eigenvalue weighted by Crippen LogP contribution is 2.03. The van der Waals surface area contributed by atoms with Gasteiger partial charge in [-0.15, -0.1) is 0 Å². The lowest BCUT2D eigenvalue weighted by molar-refractivity contribution is 0.680. The maximum atomic E-state index is 5.74. The van der Waals surface area contributed by atoms with Gasteiger partial charge >= 0.3 is 0 Å². The minimum Gasteiger partial charge on any atom is -0.316 e. The molecule has 0 aliphatic carbocycles. The molecule has 0 aromatic carbocycles. The fourth-order valence-electron chi connectivity index (χ4n) is 0.842. The molecule has 0 saturated carbocycles. The zero-order valence-corrected chi connectivity index (χ0v) is 8.26. The first-order chi connectivity index (χ1) is 5.99. The number of nitrogens with two attached hydrogens (primary N) is 1. The number of aryl methyl sites for hydroxylation is 1. The molecule has 2 nitrogen and oxygen atoms in total. The minimum atomic E-state index is -0.435. The van der Waals surface area contributed by atoms with Gasteiger partial charge in [-0.1, -0.05) is 11.8 Å². The molecule has 0 spiro atoms. The maximum absolute atomic E-state index is 5.74. The Bertz CT molecular complexity index is 350. The van der Waals surface area contributed by atoms with Crippen LogP contribution in [0.3, 0.4) is 0 Å². The van der Waals surface area contributed by atoms with Crippen LogP contribution in [0.15, 0.2) is 18.5 Å². The first kappa shape index (κ1) is 9.76. The average molecular weight is 174 g/mol. The SMILES string of the molecule is Cc1cnccc1C#CC(C)(C)N. The lowest BCUT2D eigenvalue weighted by Crippen LogP contribution is -2.29. The van der Waals surface area contributed by atoms with E-state index >= 15 is 0 Å². The summed E-state index contributed by atoms with van der Waals surface area (Å²) in [5, 5.41) is 0. The second kappa shape index (κ2) is 3.59. The third-order valence-corrected chi connectivity index (χ3v) is 1.54. The van der Waals surface area contributed by atoms with Gasteiger partial charge in [0, 0.05) is 18.0 Å². The average Bonchev–Trinajstić information content (AvgIpc) is 2.01. The number of aromatic nitrogens is 1. The smallest absolute Gasteiger partial charge is 0.0722 e. The lowest BCUT2D eigenvalue weighted by atomic mass is 10.1. The molecule has 0 bridgehead atoms. The van der Waals surface area contributed by atoms with Gasteiger partial charge in [0.1, 0.15) is 0 Å². The number of rotatable bonds is 0. The van der Waals surface area contributed by atoms with Crippen molar-refractivity contribution >= 4 is 0 Å². The van der Waals surface area contributed by atoms with E-state index in [2.05, 4.69) is 16.8 Å². The maximum Gasteiger partial charge on any atom is 0.0722 e. The summed E-state index contributed by atoms with van der Waals surface area (Å²) >= 11 is 0. The summed E-state index contributed by atoms with van der Waals surface area (Å²) in [5.41, 5.74) is 7.39. The molecule has 1 rings (SSSR count). The molecule has 0 unspecified atom stereocenters. The number of nitrogens with zero attached hydrogens (tertiary/aromatic N) is 1. The van der Waals surface area contributed by atoms with Crippen molar-refractivity contribution in [2.75, 3.05) is 0 Å². The largest absolute Gasteiger partial charge is 0.316 e. The quantitative estimate of drug-likeness (QED) is 0.605. The highest BCUT2D eigenvalue weighted by Gasteiger charge is 2.03. The Morgan fingerprint density at radius 2 is 2.15 bits per heavy atom. The van der Waals surface area contributed by atoms with Crippen LogP contribution in [0, 0.1) is 18.8 Å². The summed E-state index contributed by atoms with van der Waals surface area (Å²) in [5.74, 6) is 6.02. The summed E-state index contributed by atoms with van der Waals surface area (Å²) in [6.07, 6.45) is 3.54. The molecule has 2 heteroatoms. The van der Waals surface area contributed by atoms with E-state index in [9.17, 15) is 0 Å². The van der Waals surface area contributed by atoms with Gasteiger partial charge in [-0.25, -0.2) is 0 Å². The van der Waals surface area contributed by atoms with Crippen LogP contribution in [0.4, 0.5) is 0 Å². The normalized spacial score (nSPS) is 10.5. The van der Waals surface area contributed by atoms with Crippen LogP contribution >= 0.6 is 0 Å². The molecule has 1 aromatic heterocycles. The molecule has 0 aliphatic heterocycles. The predicted octanol–water partition coefficient (Wildman–Crippen LogP) is 1.48. The van der Waals surface area contributed by atoms with E-state index in [1.54, 1.807) is 12.4 Å². The van der Waals surface area contributed by atoms with Crippen molar-refractivity contribution in [3.8, 4) is 11.8 Å². The Morgan fingerprint density at radius 3 is 2.69 bits per heavy atom. The van der Waals surface area contributed by atoms with Crippen LogP contribution in [0.25, 0.3) is 0 Å². The van der Waals surface area contributed by atoms with Crippen molar-refractivity contribution in [1.29, 1.82) is 0 Å².